The lowest BCUT2D eigenvalue weighted by Gasteiger charge is -2.21. The summed E-state index contributed by atoms with van der Waals surface area (Å²) in [6.07, 6.45) is 0. The van der Waals surface area contributed by atoms with Crippen molar-refractivity contribution in [1.82, 2.24) is 4.90 Å². The molecule has 1 aromatic rings. The first kappa shape index (κ1) is 12.7. The molecule has 0 amide bonds. The van der Waals surface area contributed by atoms with E-state index in [0.717, 1.165) is 16.6 Å². The highest BCUT2D eigenvalue weighted by Gasteiger charge is 2.07. The van der Waals surface area contributed by atoms with E-state index in [2.05, 4.69) is 59.9 Å². The monoisotopic (exact) mass is 270 g/mol. The van der Waals surface area contributed by atoms with Crippen molar-refractivity contribution >= 4 is 15.9 Å². The molecule has 0 bridgehead atoms. The molecule has 15 heavy (non-hydrogen) atoms. The van der Waals surface area contributed by atoms with Crippen molar-refractivity contribution in [3.8, 4) is 0 Å². The number of nitrogens with two attached hydrogens (primary N) is 1. The molecule has 0 fully saturated rings. The second-order valence-electron chi connectivity index (χ2n) is 4.14. The zero-order chi connectivity index (χ0) is 11.4. The van der Waals surface area contributed by atoms with Crippen molar-refractivity contribution in [2.45, 2.75) is 33.0 Å². The van der Waals surface area contributed by atoms with E-state index in [0.29, 0.717) is 12.6 Å². The van der Waals surface area contributed by atoms with Gasteiger partial charge in [-0.3, -0.25) is 4.90 Å². The van der Waals surface area contributed by atoms with Crippen molar-refractivity contribution < 1.29 is 0 Å². The Hall–Kier alpha value is -0.380. The largest absolute Gasteiger partial charge is 0.326 e. The van der Waals surface area contributed by atoms with Gasteiger partial charge in [0, 0.05) is 23.6 Å². The molecule has 0 saturated heterocycles. The van der Waals surface area contributed by atoms with Gasteiger partial charge in [0.1, 0.15) is 0 Å². The lowest BCUT2D eigenvalue weighted by Crippen LogP contribution is -2.25. The molecule has 0 aliphatic carbocycles. The number of halogens is 1. The molecule has 0 heterocycles. The first-order valence-electron chi connectivity index (χ1n) is 5.22. The van der Waals surface area contributed by atoms with Crippen LogP contribution in [0.3, 0.4) is 0 Å². The number of rotatable bonds is 4. The summed E-state index contributed by atoms with van der Waals surface area (Å²) < 4.78 is 1.15. The summed E-state index contributed by atoms with van der Waals surface area (Å²) >= 11 is 3.58. The summed E-state index contributed by atoms with van der Waals surface area (Å²) in [6, 6.07) is 6.90. The van der Waals surface area contributed by atoms with E-state index in [9.17, 15) is 0 Å². The van der Waals surface area contributed by atoms with Crippen LogP contribution in [0.5, 0.6) is 0 Å². The van der Waals surface area contributed by atoms with Crippen LogP contribution in [-0.4, -0.2) is 18.0 Å². The molecular formula is C12H19BrN2. The van der Waals surface area contributed by atoms with Crippen LogP contribution in [0.15, 0.2) is 22.7 Å². The van der Waals surface area contributed by atoms with Crippen LogP contribution in [0.1, 0.15) is 25.0 Å². The van der Waals surface area contributed by atoms with E-state index in [1.54, 1.807) is 0 Å². The Bertz CT molecular complexity index is 323. The van der Waals surface area contributed by atoms with Crippen LogP contribution in [0.2, 0.25) is 0 Å². The summed E-state index contributed by atoms with van der Waals surface area (Å²) in [5.41, 5.74) is 8.06. The summed E-state index contributed by atoms with van der Waals surface area (Å²) in [5, 5.41) is 0. The first-order valence-corrected chi connectivity index (χ1v) is 6.01. The van der Waals surface area contributed by atoms with Gasteiger partial charge in [0.15, 0.2) is 0 Å². The van der Waals surface area contributed by atoms with E-state index in [1.165, 1.54) is 5.56 Å². The van der Waals surface area contributed by atoms with Crippen molar-refractivity contribution in [1.29, 1.82) is 0 Å². The Morgan fingerprint density at radius 1 is 1.40 bits per heavy atom. The van der Waals surface area contributed by atoms with Crippen LogP contribution in [0.4, 0.5) is 0 Å². The van der Waals surface area contributed by atoms with Crippen molar-refractivity contribution in [3.63, 3.8) is 0 Å². The standard InChI is InChI=1S/C12H19BrN2/c1-9(2)15(3)8-11-5-4-10(7-14)6-12(11)13/h4-6,9H,7-8,14H2,1-3H3. The van der Waals surface area contributed by atoms with Gasteiger partial charge in [-0.05, 0) is 38.1 Å². The second kappa shape index (κ2) is 5.64. The van der Waals surface area contributed by atoms with E-state index < -0.39 is 0 Å². The van der Waals surface area contributed by atoms with Crippen LogP contribution in [0.25, 0.3) is 0 Å². The van der Waals surface area contributed by atoms with Crippen LogP contribution in [-0.2, 0) is 13.1 Å². The predicted octanol–water partition coefficient (Wildman–Crippen LogP) is 2.75. The Labute approximate surface area is 101 Å². The van der Waals surface area contributed by atoms with Crippen LogP contribution < -0.4 is 5.73 Å². The van der Waals surface area contributed by atoms with Gasteiger partial charge < -0.3 is 5.73 Å². The van der Waals surface area contributed by atoms with E-state index in [1.807, 2.05) is 0 Å². The lowest BCUT2D eigenvalue weighted by molar-refractivity contribution is 0.265. The molecule has 2 nitrogen and oxygen atoms in total. The maximum Gasteiger partial charge on any atom is 0.0244 e. The highest BCUT2D eigenvalue weighted by molar-refractivity contribution is 9.10. The molecule has 1 rings (SSSR count). The summed E-state index contributed by atoms with van der Waals surface area (Å²) in [5.74, 6) is 0. The summed E-state index contributed by atoms with van der Waals surface area (Å²) in [7, 11) is 2.13. The Morgan fingerprint density at radius 3 is 2.53 bits per heavy atom. The minimum atomic E-state index is 0.561. The molecule has 0 aliphatic rings. The Morgan fingerprint density at radius 2 is 2.07 bits per heavy atom. The minimum absolute atomic E-state index is 0.561. The molecule has 0 aromatic heterocycles. The van der Waals surface area contributed by atoms with Gasteiger partial charge in [-0.2, -0.15) is 0 Å². The SMILES string of the molecule is CC(C)N(C)Cc1ccc(CN)cc1Br. The maximum atomic E-state index is 5.59. The number of benzene rings is 1. The third-order valence-corrected chi connectivity index (χ3v) is 3.39. The Kier molecular flexibility index (Phi) is 4.77. The van der Waals surface area contributed by atoms with Gasteiger partial charge in [0.25, 0.3) is 0 Å². The van der Waals surface area contributed by atoms with Gasteiger partial charge in [-0.25, -0.2) is 0 Å². The van der Waals surface area contributed by atoms with E-state index in [4.69, 9.17) is 5.73 Å². The number of nitrogens with zero attached hydrogens (tertiary/aromatic N) is 1. The quantitative estimate of drug-likeness (QED) is 0.912. The minimum Gasteiger partial charge on any atom is -0.326 e. The molecule has 0 radical (unpaired) electrons. The molecule has 0 saturated carbocycles. The topological polar surface area (TPSA) is 29.3 Å². The summed E-state index contributed by atoms with van der Waals surface area (Å²) in [6.45, 7) is 5.95. The fraction of sp³-hybridized carbons (Fsp3) is 0.500. The fourth-order valence-electron chi connectivity index (χ4n) is 1.30. The zero-order valence-electron chi connectivity index (χ0n) is 9.63. The highest BCUT2D eigenvalue weighted by atomic mass is 79.9. The van der Waals surface area contributed by atoms with Gasteiger partial charge in [0.2, 0.25) is 0 Å². The van der Waals surface area contributed by atoms with Gasteiger partial charge in [-0.1, -0.05) is 28.1 Å². The molecule has 2 N–H and O–H groups in total. The summed E-state index contributed by atoms with van der Waals surface area (Å²) in [4.78, 5) is 2.31. The lowest BCUT2D eigenvalue weighted by atomic mass is 10.1. The highest BCUT2D eigenvalue weighted by Crippen LogP contribution is 2.20. The molecule has 3 heteroatoms. The smallest absolute Gasteiger partial charge is 0.0244 e. The third-order valence-electron chi connectivity index (χ3n) is 2.65. The maximum absolute atomic E-state index is 5.59. The van der Waals surface area contributed by atoms with Crippen LogP contribution >= 0.6 is 15.9 Å². The number of hydrogen-bond donors (Lipinski definition) is 1. The molecule has 0 atom stereocenters. The average molecular weight is 271 g/mol. The molecule has 1 aromatic carbocycles. The third kappa shape index (κ3) is 3.59. The molecular weight excluding hydrogens is 252 g/mol. The van der Waals surface area contributed by atoms with E-state index >= 15 is 0 Å². The van der Waals surface area contributed by atoms with Gasteiger partial charge >= 0.3 is 0 Å². The van der Waals surface area contributed by atoms with Crippen LogP contribution in [0, 0.1) is 0 Å². The van der Waals surface area contributed by atoms with Crippen molar-refractivity contribution in [2.24, 2.45) is 5.73 Å². The van der Waals surface area contributed by atoms with Crippen molar-refractivity contribution in [3.05, 3.63) is 33.8 Å². The predicted molar refractivity (Wildman–Crippen MR) is 68.6 cm³/mol. The molecule has 0 unspecified atom stereocenters. The fourth-order valence-corrected chi connectivity index (χ4v) is 1.85. The average Bonchev–Trinajstić information content (AvgIpc) is 2.20. The molecule has 0 spiro atoms. The van der Waals surface area contributed by atoms with Gasteiger partial charge in [-0.15, -0.1) is 0 Å². The first-order chi connectivity index (χ1) is 7.04. The zero-order valence-corrected chi connectivity index (χ0v) is 11.2. The van der Waals surface area contributed by atoms with Crippen molar-refractivity contribution in [2.75, 3.05) is 7.05 Å². The second-order valence-corrected chi connectivity index (χ2v) is 4.99. The van der Waals surface area contributed by atoms with E-state index in [-0.39, 0.29) is 0 Å². The molecule has 84 valence electrons. The Balaban J connectivity index is 2.78. The molecule has 0 aliphatic heterocycles. The number of hydrogen-bond acceptors (Lipinski definition) is 2. The normalized spacial score (nSPS) is 11.4. The van der Waals surface area contributed by atoms with Gasteiger partial charge in [0.05, 0.1) is 0 Å².